The van der Waals surface area contributed by atoms with Crippen molar-refractivity contribution in [3.63, 3.8) is 0 Å². The van der Waals surface area contributed by atoms with E-state index in [2.05, 4.69) is 9.89 Å². The summed E-state index contributed by atoms with van der Waals surface area (Å²) in [7, 11) is 0. The predicted octanol–water partition coefficient (Wildman–Crippen LogP) is 3.40. The monoisotopic (exact) mass is 483 g/mol. The highest BCUT2D eigenvalue weighted by atomic mass is 19.4. The first-order chi connectivity index (χ1) is 15.9. The molecule has 0 N–H and O–H groups in total. The summed E-state index contributed by atoms with van der Waals surface area (Å²) >= 11 is 0. The molecule has 1 aliphatic heterocycles. The van der Waals surface area contributed by atoms with Crippen molar-refractivity contribution in [2.75, 3.05) is 19.6 Å². The van der Waals surface area contributed by atoms with Crippen LogP contribution in [0.25, 0.3) is 0 Å². The Morgan fingerprint density at radius 1 is 1.21 bits per heavy atom. The third kappa shape index (κ3) is 6.72. The van der Waals surface area contributed by atoms with Gasteiger partial charge in [0.2, 0.25) is 11.8 Å². The van der Waals surface area contributed by atoms with Crippen molar-refractivity contribution in [2.45, 2.75) is 59.2 Å². The van der Waals surface area contributed by atoms with E-state index in [0.29, 0.717) is 29.1 Å². The lowest BCUT2D eigenvalue weighted by Gasteiger charge is -2.27. The van der Waals surface area contributed by atoms with E-state index in [1.807, 2.05) is 13.8 Å². The van der Waals surface area contributed by atoms with E-state index in [1.54, 1.807) is 18.7 Å². The average molecular weight is 483 g/mol. The second kappa shape index (κ2) is 10.5. The molecule has 8 nitrogen and oxygen atoms in total. The summed E-state index contributed by atoms with van der Waals surface area (Å²) in [5, 5.41) is 3.87. The van der Waals surface area contributed by atoms with Crippen molar-refractivity contribution in [1.29, 1.82) is 0 Å². The Hall–Kier alpha value is -3.08. The van der Waals surface area contributed by atoms with Crippen LogP contribution in [-0.4, -0.2) is 64.9 Å². The molecule has 0 aliphatic carbocycles. The van der Waals surface area contributed by atoms with Crippen molar-refractivity contribution in [1.82, 2.24) is 15.0 Å². The molecule has 0 radical (unpaired) electrons. The van der Waals surface area contributed by atoms with Gasteiger partial charge >= 0.3 is 6.36 Å². The lowest BCUT2D eigenvalue weighted by molar-refractivity contribution is -0.274. The first-order valence-corrected chi connectivity index (χ1v) is 10.9. The third-order valence-electron chi connectivity index (χ3n) is 5.60. The van der Waals surface area contributed by atoms with Crippen LogP contribution >= 0.6 is 0 Å². The summed E-state index contributed by atoms with van der Waals surface area (Å²) in [6.45, 7) is 7.78. The molecule has 186 valence electrons. The van der Waals surface area contributed by atoms with Gasteiger partial charge in [0.1, 0.15) is 11.5 Å². The van der Waals surface area contributed by atoms with Crippen LogP contribution < -0.4 is 4.74 Å². The Bertz CT molecular complexity index is 985. The fraction of sp³-hybridized carbons (Fsp3) is 0.522. The van der Waals surface area contributed by atoms with E-state index in [9.17, 15) is 22.8 Å². The normalized spacial score (nSPS) is 17.3. The van der Waals surface area contributed by atoms with Gasteiger partial charge in [-0.1, -0.05) is 17.3 Å². The molecule has 0 spiro atoms. The summed E-state index contributed by atoms with van der Waals surface area (Å²) in [6, 6.07) is 5.29. The molecule has 34 heavy (non-hydrogen) atoms. The Balaban J connectivity index is 1.69. The highest BCUT2D eigenvalue weighted by Gasteiger charge is 2.33. The number of aryl methyl sites for hydroxylation is 2. The number of hydrogen-bond acceptors (Lipinski definition) is 6. The van der Waals surface area contributed by atoms with Crippen LogP contribution in [-0.2, 0) is 27.4 Å². The number of amides is 2. The average Bonchev–Trinajstić information content (AvgIpc) is 2.95. The summed E-state index contributed by atoms with van der Waals surface area (Å²) in [4.78, 5) is 29.0. The predicted molar refractivity (Wildman–Crippen MR) is 115 cm³/mol. The standard InChI is InChI=1S/C23H28F3N3O5/c1-14(2)29-11-19(32-13-17-5-7-18(8-6-17)33-23(24,25)26)10-28(12-22(29)31)21(30)9-20-15(3)27-34-16(20)4/h5-8,14,19H,9-13H2,1-4H3. The minimum atomic E-state index is -4.76. The van der Waals surface area contributed by atoms with E-state index < -0.39 is 12.5 Å². The number of benzene rings is 1. The van der Waals surface area contributed by atoms with Crippen LogP contribution in [0.3, 0.4) is 0 Å². The Morgan fingerprint density at radius 3 is 2.44 bits per heavy atom. The van der Waals surface area contributed by atoms with Gasteiger partial charge < -0.3 is 23.8 Å². The highest BCUT2D eigenvalue weighted by molar-refractivity contribution is 5.86. The summed E-state index contributed by atoms with van der Waals surface area (Å²) in [6.07, 6.45) is -5.18. The Morgan fingerprint density at radius 2 is 1.88 bits per heavy atom. The molecule has 1 fully saturated rings. The van der Waals surface area contributed by atoms with Crippen LogP contribution in [0, 0.1) is 13.8 Å². The molecule has 11 heteroatoms. The maximum Gasteiger partial charge on any atom is 0.573 e. The molecule has 3 rings (SSSR count). The smallest absolute Gasteiger partial charge is 0.406 e. The summed E-state index contributed by atoms with van der Waals surface area (Å²) in [5.74, 6) is -0.183. The second-order valence-corrected chi connectivity index (χ2v) is 8.52. The van der Waals surface area contributed by atoms with E-state index >= 15 is 0 Å². The molecule has 0 saturated carbocycles. The fourth-order valence-electron chi connectivity index (χ4n) is 3.76. The van der Waals surface area contributed by atoms with E-state index in [4.69, 9.17) is 9.26 Å². The zero-order valence-corrected chi connectivity index (χ0v) is 19.5. The van der Waals surface area contributed by atoms with Gasteiger partial charge in [-0.05, 0) is 45.4 Å². The van der Waals surface area contributed by atoms with Gasteiger partial charge in [0, 0.05) is 24.7 Å². The van der Waals surface area contributed by atoms with Crippen LogP contribution in [0.4, 0.5) is 13.2 Å². The summed E-state index contributed by atoms with van der Waals surface area (Å²) < 4.78 is 52.1. The van der Waals surface area contributed by atoms with Crippen molar-refractivity contribution in [2.24, 2.45) is 0 Å². The number of carbonyl (C=O) groups excluding carboxylic acids is 2. The number of alkyl halides is 3. The maximum absolute atomic E-state index is 13.0. The van der Waals surface area contributed by atoms with Crippen molar-refractivity contribution in [3.05, 3.63) is 46.8 Å². The molecule has 1 aliphatic rings. The van der Waals surface area contributed by atoms with E-state index in [0.717, 1.165) is 0 Å². The zero-order valence-electron chi connectivity index (χ0n) is 19.5. The minimum absolute atomic E-state index is 0.0590. The molecule has 1 saturated heterocycles. The van der Waals surface area contributed by atoms with E-state index in [-0.39, 0.29) is 49.7 Å². The second-order valence-electron chi connectivity index (χ2n) is 8.52. The van der Waals surface area contributed by atoms with Crippen LogP contribution in [0.5, 0.6) is 5.75 Å². The third-order valence-corrected chi connectivity index (χ3v) is 5.60. The van der Waals surface area contributed by atoms with Crippen molar-refractivity contribution < 1.29 is 36.8 Å². The SMILES string of the molecule is Cc1noc(C)c1CC(=O)N1CC(=O)N(C(C)C)CC(OCc2ccc(OC(F)(F)F)cc2)C1. The van der Waals surface area contributed by atoms with Crippen LogP contribution in [0.1, 0.15) is 36.4 Å². The van der Waals surface area contributed by atoms with Crippen molar-refractivity contribution in [3.8, 4) is 5.75 Å². The first kappa shape index (κ1) is 25.5. The molecule has 0 bridgehead atoms. The largest absolute Gasteiger partial charge is 0.573 e. The molecule has 1 aromatic carbocycles. The molecular weight excluding hydrogens is 455 g/mol. The van der Waals surface area contributed by atoms with E-state index in [1.165, 1.54) is 29.2 Å². The number of aromatic nitrogens is 1. The minimum Gasteiger partial charge on any atom is -0.406 e. The number of halogens is 3. The molecule has 1 aromatic heterocycles. The van der Waals surface area contributed by atoms with Gasteiger partial charge in [-0.15, -0.1) is 13.2 Å². The first-order valence-electron chi connectivity index (χ1n) is 10.9. The topological polar surface area (TPSA) is 85.1 Å². The van der Waals surface area contributed by atoms with Crippen LogP contribution in [0.15, 0.2) is 28.8 Å². The molecular formula is C23H28F3N3O5. The zero-order chi connectivity index (χ0) is 25.0. The van der Waals surface area contributed by atoms with Gasteiger partial charge in [-0.2, -0.15) is 0 Å². The maximum atomic E-state index is 13.0. The molecule has 2 aromatic rings. The molecule has 1 unspecified atom stereocenters. The number of nitrogens with zero attached hydrogens (tertiary/aromatic N) is 3. The Kier molecular flexibility index (Phi) is 7.86. The fourth-order valence-corrected chi connectivity index (χ4v) is 3.76. The number of hydrogen-bond donors (Lipinski definition) is 0. The number of rotatable bonds is 7. The number of carbonyl (C=O) groups is 2. The Labute approximate surface area is 195 Å². The van der Waals surface area contributed by atoms with Gasteiger partial charge in [0.25, 0.3) is 0 Å². The van der Waals surface area contributed by atoms with Gasteiger partial charge in [0.05, 0.1) is 31.4 Å². The van der Waals surface area contributed by atoms with Crippen molar-refractivity contribution >= 4 is 11.8 Å². The number of ether oxygens (including phenoxy) is 2. The lowest BCUT2D eigenvalue weighted by Crippen LogP contribution is -2.42. The highest BCUT2D eigenvalue weighted by Crippen LogP contribution is 2.23. The quantitative estimate of drug-likeness (QED) is 0.600. The summed E-state index contributed by atoms with van der Waals surface area (Å²) in [5.41, 5.74) is 1.96. The van der Waals surface area contributed by atoms with Gasteiger partial charge in [-0.25, -0.2) is 0 Å². The van der Waals surface area contributed by atoms with Gasteiger partial charge in [0.15, 0.2) is 0 Å². The molecule has 1 atom stereocenters. The molecule has 2 amide bonds. The van der Waals surface area contributed by atoms with Gasteiger partial charge in [-0.3, -0.25) is 9.59 Å². The van der Waals surface area contributed by atoms with Crippen LogP contribution in [0.2, 0.25) is 0 Å². The lowest BCUT2D eigenvalue weighted by atomic mass is 10.1. The molecule has 2 heterocycles.